The third-order valence-electron chi connectivity index (χ3n) is 9.75. The maximum atomic E-state index is 13.1. The second kappa shape index (κ2) is 18.1. The molecule has 1 aromatic rings. The van der Waals surface area contributed by atoms with Crippen LogP contribution >= 0.6 is 0 Å². The van der Waals surface area contributed by atoms with Gasteiger partial charge in [-0.25, -0.2) is 14.4 Å². The topological polar surface area (TPSA) is 223 Å². The molecular weight excluding hydrogens is 668 g/mol. The predicted octanol–water partition coefficient (Wildman–Crippen LogP) is 4.18. The number of carbonyl (C=O) groups excluding carboxylic acids is 2. The van der Waals surface area contributed by atoms with Crippen molar-refractivity contribution < 1.29 is 68.5 Å². The van der Waals surface area contributed by atoms with Gasteiger partial charge in [0.25, 0.3) is 0 Å². The van der Waals surface area contributed by atoms with Crippen LogP contribution in [0.3, 0.4) is 0 Å². The van der Waals surface area contributed by atoms with E-state index in [4.69, 9.17) is 18.9 Å². The zero-order valence-corrected chi connectivity index (χ0v) is 29.6. The number of rotatable bonds is 22. The molecule has 2 fully saturated rings. The molecule has 14 nitrogen and oxygen atoms in total. The SMILES string of the molecule is C=C(CC[C@@]12O[C@H](C(=O)O)[C@@](O)(C(=O)O)[C@@](C(=O)O)(O1)[C@H](OC(=O)CCCCCCCCCCC)[C@H]2O)C(OC(C)=O)C(C)Cc1ccccc1. The minimum absolute atomic E-state index is 0.221. The molecule has 0 amide bonds. The smallest absolute Gasteiger partial charge is 0.344 e. The Morgan fingerprint density at radius 3 is 2.02 bits per heavy atom. The van der Waals surface area contributed by atoms with Crippen LogP contribution in [0.2, 0.25) is 0 Å². The maximum absolute atomic E-state index is 13.1. The van der Waals surface area contributed by atoms with E-state index in [2.05, 4.69) is 13.5 Å². The molecule has 0 radical (unpaired) electrons. The van der Waals surface area contributed by atoms with Crippen molar-refractivity contribution in [3.05, 3.63) is 48.0 Å². The summed E-state index contributed by atoms with van der Waals surface area (Å²) in [5, 5.41) is 53.6. The Morgan fingerprint density at radius 2 is 1.49 bits per heavy atom. The highest BCUT2D eigenvalue weighted by atomic mass is 16.8. The van der Waals surface area contributed by atoms with E-state index in [-0.39, 0.29) is 24.3 Å². The molecular formula is C37H52O14. The molecule has 0 aromatic heterocycles. The van der Waals surface area contributed by atoms with Gasteiger partial charge < -0.3 is 44.5 Å². The number of aliphatic hydroxyl groups is 2. The standard InChI is InChI=1S/C37H52O14/c1-5-6-7-8-9-10-11-12-16-19-27(39)49-30-29(40)35(50-31(32(41)42)36(47,33(43)44)37(30,51-35)34(45)46)21-20-23(2)28(48-25(4)38)24(3)22-26-17-14-13-15-18-26/h13-15,17-18,24,28-31,40,47H,2,5-12,16,19-22H2,1,3-4H3,(H,41,42)(H,43,44)(H,45,46)/t24?,28?,29-,30-,31-,35-,36-,37-/m1/s1. The van der Waals surface area contributed by atoms with Crippen molar-refractivity contribution in [3.63, 3.8) is 0 Å². The number of benzene rings is 1. The number of carbonyl (C=O) groups is 5. The number of carboxylic acid groups (broad SMARTS) is 3. The molecule has 0 saturated carbocycles. The molecule has 1 aromatic carbocycles. The molecule has 2 saturated heterocycles. The maximum Gasteiger partial charge on any atom is 0.344 e. The summed E-state index contributed by atoms with van der Waals surface area (Å²) in [5.74, 6) is -11.2. The lowest BCUT2D eigenvalue weighted by atomic mass is 9.74. The molecule has 2 heterocycles. The molecule has 51 heavy (non-hydrogen) atoms. The van der Waals surface area contributed by atoms with Crippen LogP contribution in [-0.2, 0) is 49.3 Å². The summed E-state index contributed by atoms with van der Waals surface area (Å²) in [4.78, 5) is 63.1. The summed E-state index contributed by atoms with van der Waals surface area (Å²) < 4.78 is 22.2. The third-order valence-corrected chi connectivity index (χ3v) is 9.75. The van der Waals surface area contributed by atoms with Gasteiger partial charge in [-0.05, 0) is 30.4 Å². The number of esters is 2. The van der Waals surface area contributed by atoms with E-state index in [1.807, 2.05) is 37.3 Å². The summed E-state index contributed by atoms with van der Waals surface area (Å²) in [6, 6.07) is 9.32. The molecule has 8 atom stereocenters. The van der Waals surface area contributed by atoms with E-state index in [1.165, 1.54) is 13.3 Å². The second-order valence-corrected chi connectivity index (χ2v) is 13.7. The van der Waals surface area contributed by atoms with E-state index in [0.29, 0.717) is 19.3 Å². The largest absolute Gasteiger partial charge is 0.479 e. The number of aliphatic carboxylic acids is 3. The second-order valence-electron chi connectivity index (χ2n) is 13.7. The fourth-order valence-corrected chi connectivity index (χ4v) is 7.08. The lowest BCUT2D eigenvalue weighted by Crippen LogP contribution is -2.78. The van der Waals surface area contributed by atoms with Gasteiger partial charge in [-0.1, -0.05) is 102 Å². The molecule has 3 rings (SSSR count). The Kier molecular flexibility index (Phi) is 14.7. The van der Waals surface area contributed by atoms with E-state index in [9.17, 15) is 49.5 Å². The van der Waals surface area contributed by atoms with Gasteiger partial charge in [0.2, 0.25) is 23.1 Å². The summed E-state index contributed by atoms with van der Waals surface area (Å²) in [6.45, 7) is 9.19. The first-order chi connectivity index (χ1) is 24.1. The van der Waals surface area contributed by atoms with Crippen molar-refractivity contribution >= 4 is 29.8 Å². The zero-order valence-electron chi connectivity index (χ0n) is 29.6. The molecule has 0 spiro atoms. The minimum atomic E-state index is -3.87. The minimum Gasteiger partial charge on any atom is -0.479 e. The summed E-state index contributed by atoms with van der Waals surface area (Å²) in [7, 11) is 0. The average Bonchev–Trinajstić information content (AvgIpc) is 3.29. The molecule has 14 heteroatoms. The molecule has 2 aliphatic rings. The Bertz CT molecular complexity index is 1400. The van der Waals surface area contributed by atoms with Crippen molar-refractivity contribution in [2.24, 2.45) is 5.92 Å². The Morgan fingerprint density at radius 1 is 0.902 bits per heavy atom. The lowest BCUT2D eigenvalue weighted by molar-refractivity contribution is -0.374. The van der Waals surface area contributed by atoms with Crippen LogP contribution in [0.25, 0.3) is 0 Å². The first kappa shape index (κ1) is 41.6. The Labute approximate surface area is 297 Å². The van der Waals surface area contributed by atoms with E-state index in [1.54, 1.807) is 0 Å². The first-order valence-electron chi connectivity index (χ1n) is 17.6. The molecule has 5 N–H and O–H groups in total. The van der Waals surface area contributed by atoms with Crippen molar-refractivity contribution in [1.29, 1.82) is 0 Å². The summed E-state index contributed by atoms with van der Waals surface area (Å²) in [5.41, 5.74) is -6.17. The summed E-state index contributed by atoms with van der Waals surface area (Å²) in [6.07, 6.45) is -0.464. The molecule has 2 bridgehead atoms. The normalized spacial score (nSPS) is 28.0. The molecule has 2 unspecified atom stereocenters. The zero-order chi connectivity index (χ0) is 38.0. The van der Waals surface area contributed by atoms with Crippen LogP contribution in [0.5, 0.6) is 0 Å². The fourth-order valence-electron chi connectivity index (χ4n) is 7.08. The first-order valence-corrected chi connectivity index (χ1v) is 17.6. The van der Waals surface area contributed by atoms with E-state index in [0.717, 1.165) is 44.1 Å². The van der Waals surface area contributed by atoms with Crippen LogP contribution in [0.4, 0.5) is 0 Å². The van der Waals surface area contributed by atoms with Gasteiger partial charge in [0, 0.05) is 25.7 Å². The van der Waals surface area contributed by atoms with Gasteiger partial charge in [0.05, 0.1) is 0 Å². The van der Waals surface area contributed by atoms with Gasteiger partial charge in [-0.15, -0.1) is 0 Å². The predicted molar refractivity (Wildman–Crippen MR) is 180 cm³/mol. The highest BCUT2D eigenvalue weighted by molar-refractivity contribution is 5.98. The lowest BCUT2D eigenvalue weighted by Gasteiger charge is -2.48. The number of aliphatic hydroxyl groups excluding tert-OH is 1. The fraction of sp³-hybridized carbons (Fsp3) is 0.649. The number of fused-ring (bicyclic) bond motifs is 2. The highest BCUT2D eigenvalue weighted by Crippen LogP contribution is 2.56. The Balaban J connectivity index is 1.87. The summed E-state index contributed by atoms with van der Waals surface area (Å²) >= 11 is 0. The van der Waals surface area contributed by atoms with Crippen LogP contribution in [0, 0.1) is 5.92 Å². The highest BCUT2D eigenvalue weighted by Gasteiger charge is 2.85. The van der Waals surface area contributed by atoms with Gasteiger partial charge in [-0.3, -0.25) is 9.59 Å². The van der Waals surface area contributed by atoms with Gasteiger partial charge in [0.15, 0.2) is 6.10 Å². The van der Waals surface area contributed by atoms with E-state index >= 15 is 0 Å². The average molecular weight is 721 g/mol. The van der Waals surface area contributed by atoms with Crippen molar-refractivity contribution in [2.75, 3.05) is 0 Å². The van der Waals surface area contributed by atoms with Crippen molar-refractivity contribution in [3.8, 4) is 0 Å². The van der Waals surface area contributed by atoms with Gasteiger partial charge in [0.1, 0.15) is 12.2 Å². The Hall–Kier alpha value is -3.85. The van der Waals surface area contributed by atoms with Gasteiger partial charge >= 0.3 is 29.8 Å². The van der Waals surface area contributed by atoms with E-state index < -0.39 is 77.7 Å². The molecule has 2 aliphatic heterocycles. The number of unbranched alkanes of at least 4 members (excludes halogenated alkanes) is 8. The van der Waals surface area contributed by atoms with Crippen LogP contribution in [0.1, 0.15) is 103 Å². The monoisotopic (exact) mass is 720 g/mol. The number of hydrogen-bond donors (Lipinski definition) is 5. The number of carboxylic acids is 3. The molecule has 284 valence electrons. The van der Waals surface area contributed by atoms with Crippen LogP contribution < -0.4 is 0 Å². The van der Waals surface area contributed by atoms with Gasteiger partial charge in [-0.2, -0.15) is 0 Å². The quantitative estimate of drug-likeness (QED) is 0.0644. The van der Waals surface area contributed by atoms with Crippen LogP contribution in [-0.4, -0.2) is 96.8 Å². The third kappa shape index (κ3) is 9.15. The molecule has 0 aliphatic carbocycles. The van der Waals surface area contributed by atoms with Crippen LogP contribution in [0.15, 0.2) is 42.5 Å². The van der Waals surface area contributed by atoms with Crippen molar-refractivity contribution in [1.82, 2.24) is 0 Å². The number of hydrogen-bond acceptors (Lipinski definition) is 11. The number of ether oxygens (including phenoxy) is 4. The van der Waals surface area contributed by atoms with Crippen molar-refractivity contribution in [2.45, 2.75) is 146 Å².